The summed E-state index contributed by atoms with van der Waals surface area (Å²) in [7, 11) is 2.32. The van der Waals surface area contributed by atoms with Gasteiger partial charge >= 0.3 is 0 Å². The van der Waals surface area contributed by atoms with E-state index >= 15 is 0 Å². The number of hydrogen-bond donors (Lipinski definition) is 0. The molecule has 0 aromatic heterocycles. The van der Waals surface area contributed by atoms with E-state index in [1.807, 2.05) is 0 Å². The van der Waals surface area contributed by atoms with Gasteiger partial charge in [0.15, 0.2) is 0 Å². The van der Waals surface area contributed by atoms with Crippen molar-refractivity contribution in [1.29, 1.82) is 0 Å². The van der Waals surface area contributed by atoms with Crippen LogP contribution in [-0.2, 0) is 0 Å². The predicted molar refractivity (Wildman–Crippen MR) is 76.3 cm³/mol. The summed E-state index contributed by atoms with van der Waals surface area (Å²) in [5.41, 5.74) is 0. The Morgan fingerprint density at radius 2 is 1.75 bits per heavy atom. The minimum absolute atomic E-state index is 0.881. The molecule has 2 heteroatoms. The van der Waals surface area contributed by atoms with Crippen molar-refractivity contribution in [3.63, 3.8) is 0 Å². The van der Waals surface area contributed by atoms with Crippen LogP contribution in [0.3, 0.4) is 0 Å². The lowest BCUT2D eigenvalue weighted by molar-refractivity contribution is 0.161. The number of nitrogens with zero attached hydrogens (tertiary/aromatic N) is 1. The summed E-state index contributed by atoms with van der Waals surface area (Å²) in [5.74, 6) is 1.03. The number of halogens is 1. The average Bonchev–Trinajstić information content (AvgIpc) is 2.34. The van der Waals surface area contributed by atoms with Crippen molar-refractivity contribution in [3.8, 4) is 0 Å². The first-order valence-corrected chi connectivity index (χ1v) is 8.16. The highest BCUT2D eigenvalue weighted by Crippen LogP contribution is 2.28. The van der Waals surface area contributed by atoms with Crippen molar-refractivity contribution in [2.75, 3.05) is 18.9 Å². The Labute approximate surface area is 110 Å². The Morgan fingerprint density at radius 3 is 2.31 bits per heavy atom. The fourth-order valence-electron chi connectivity index (χ4n) is 2.81. The van der Waals surface area contributed by atoms with Gasteiger partial charge < -0.3 is 4.90 Å². The Hall–Kier alpha value is 0.440. The Kier molecular flexibility index (Phi) is 7.72. The van der Waals surface area contributed by atoms with Crippen LogP contribution in [0.25, 0.3) is 0 Å². The van der Waals surface area contributed by atoms with Crippen LogP contribution in [0.5, 0.6) is 0 Å². The second kappa shape index (κ2) is 8.52. The first-order chi connectivity index (χ1) is 7.77. The fourth-order valence-corrected chi connectivity index (χ4v) is 3.21. The summed E-state index contributed by atoms with van der Waals surface area (Å²) in [6.45, 7) is 3.64. The molecule has 96 valence electrons. The van der Waals surface area contributed by atoms with Crippen LogP contribution >= 0.6 is 15.9 Å². The minimum atomic E-state index is 0.881. The smallest absolute Gasteiger partial charge is 0.00924 e. The molecular formula is C14H28BrN. The van der Waals surface area contributed by atoms with Gasteiger partial charge in [-0.2, -0.15) is 0 Å². The van der Waals surface area contributed by atoms with E-state index in [0.717, 1.165) is 12.0 Å². The zero-order valence-electron chi connectivity index (χ0n) is 11.1. The first kappa shape index (κ1) is 14.5. The van der Waals surface area contributed by atoms with E-state index in [1.54, 1.807) is 0 Å². The molecule has 0 N–H and O–H groups in total. The standard InChI is InChI=1S/C14H28BrN/c1-3-13-7-9-14(10-8-13)16(2)12-6-4-5-11-15/h13-14H,3-12H2,1-2H3. The van der Waals surface area contributed by atoms with E-state index in [-0.39, 0.29) is 0 Å². The van der Waals surface area contributed by atoms with Crippen molar-refractivity contribution >= 4 is 15.9 Å². The van der Waals surface area contributed by atoms with Gasteiger partial charge in [-0.25, -0.2) is 0 Å². The van der Waals surface area contributed by atoms with Crippen LogP contribution in [0.1, 0.15) is 58.3 Å². The normalized spacial score (nSPS) is 26.2. The predicted octanol–water partition coefficient (Wildman–Crippen LogP) is 4.45. The molecule has 16 heavy (non-hydrogen) atoms. The molecule has 1 nitrogen and oxygen atoms in total. The third-order valence-corrected chi connectivity index (χ3v) is 4.72. The zero-order chi connectivity index (χ0) is 11.8. The van der Waals surface area contributed by atoms with Gasteiger partial charge in [-0.15, -0.1) is 0 Å². The average molecular weight is 290 g/mol. The third kappa shape index (κ3) is 5.18. The molecule has 0 amide bonds. The summed E-state index contributed by atoms with van der Waals surface area (Å²) < 4.78 is 0. The molecule has 0 saturated heterocycles. The van der Waals surface area contributed by atoms with Crippen LogP contribution in [0.2, 0.25) is 0 Å². The zero-order valence-corrected chi connectivity index (χ0v) is 12.6. The summed E-state index contributed by atoms with van der Waals surface area (Å²) in [4.78, 5) is 2.61. The fraction of sp³-hybridized carbons (Fsp3) is 1.00. The van der Waals surface area contributed by atoms with E-state index < -0.39 is 0 Å². The maximum absolute atomic E-state index is 3.49. The van der Waals surface area contributed by atoms with Crippen molar-refractivity contribution in [1.82, 2.24) is 4.90 Å². The van der Waals surface area contributed by atoms with E-state index in [9.17, 15) is 0 Å². The molecule has 1 fully saturated rings. The lowest BCUT2D eigenvalue weighted by atomic mass is 9.84. The SMILES string of the molecule is CCC1CCC(N(C)CCCCCBr)CC1. The minimum Gasteiger partial charge on any atom is -0.303 e. The van der Waals surface area contributed by atoms with Gasteiger partial charge in [-0.3, -0.25) is 0 Å². The maximum atomic E-state index is 3.49. The Morgan fingerprint density at radius 1 is 1.06 bits per heavy atom. The van der Waals surface area contributed by atoms with E-state index in [1.165, 1.54) is 63.2 Å². The first-order valence-electron chi connectivity index (χ1n) is 7.04. The quantitative estimate of drug-likeness (QED) is 0.494. The van der Waals surface area contributed by atoms with Gasteiger partial charge in [0.25, 0.3) is 0 Å². The van der Waals surface area contributed by atoms with E-state index in [4.69, 9.17) is 0 Å². The molecule has 1 saturated carbocycles. The van der Waals surface area contributed by atoms with Gasteiger partial charge in [-0.1, -0.05) is 35.7 Å². The van der Waals surface area contributed by atoms with Crippen LogP contribution in [0, 0.1) is 5.92 Å². The topological polar surface area (TPSA) is 3.24 Å². The van der Waals surface area contributed by atoms with Crippen LogP contribution in [0.4, 0.5) is 0 Å². The molecule has 0 aromatic rings. The molecule has 0 radical (unpaired) electrons. The summed E-state index contributed by atoms with van der Waals surface area (Å²) in [6.07, 6.45) is 11.3. The highest BCUT2D eigenvalue weighted by atomic mass is 79.9. The van der Waals surface area contributed by atoms with Gasteiger partial charge in [-0.05, 0) is 58.0 Å². The highest BCUT2D eigenvalue weighted by molar-refractivity contribution is 9.09. The van der Waals surface area contributed by atoms with E-state index in [0.29, 0.717) is 0 Å². The number of rotatable bonds is 7. The van der Waals surface area contributed by atoms with Crippen molar-refractivity contribution < 1.29 is 0 Å². The molecule has 1 aliphatic rings. The highest BCUT2D eigenvalue weighted by Gasteiger charge is 2.22. The summed E-state index contributed by atoms with van der Waals surface area (Å²) in [6, 6.07) is 0.881. The van der Waals surface area contributed by atoms with Gasteiger partial charge in [0, 0.05) is 11.4 Å². The van der Waals surface area contributed by atoms with Gasteiger partial charge in [0.2, 0.25) is 0 Å². The number of unbranched alkanes of at least 4 members (excludes halogenated alkanes) is 2. The lowest BCUT2D eigenvalue weighted by Crippen LogP contribution is -2.35. The largest absolute Gasteiger partial charge is 0.303 e. The number of alkyl halides is 1. The van der Waals surface area contributed by atoms with Crippen molar-refractivity contribution in [2.24, 2.45) is 5.92 Å². The monoisotopic (exact) mass is 289 g/mol. The molecule has 0 bridgehead atoms. The lowest BCUT2D eigenvalue weighted by Gasteiger charge is -2.34. The molecule has 0 spiro atoms. The molecule has 0 aromatic carbocycles. The molecule has 0 heterocycles. The molecular weight excluding hydrogens is 262 g/mol. The van der Waals surface area contributed by atoms with Crippen LogP contribution < -0.4 is 0 Å². The van der Waals surface area contributed by atoms with Gasteiger partial charge in [0.05, 0.1) is 0 Å². The maximum Gasteiger partial charge on any atom is 0.00924 e. The Bertz CT molecular complexity index is 164. The summed E-state index contributed by atoms with van der Waals surface area (Å²) in [5, 5.41) is 1.17. The second-order valence-corrected chi connectivity index (χ2v) is 6.11. The van der Waals surface area contributed by atoms with E-state index in [2.05, 4.69) is 34.8 Å². The van der Waals surface area contributed by atoms with Crippen molar-refractivity contribution in [3.05, 3.63) is 0 Å². The molecule has 1 rings (SSSR count). The second-order valence-electron chi connectivity index (χ2n) is 5.31. The van der Waals surface area contributed by atoms with Crippen molar-refractivity contribution in [2.45, 2.75) is 64.3 Å². The van der Waals surface area contributed by atoms with Crippen LogP contribution in [0.15, 0.2) is 0 Å². The summed E-state index contributed by atoms with van der Waals surface area (Å²) >= 11 is 3.49. The van der Waals surface area contributed by atoms with Gasteiger partial charge in [0.1, 0.15) is 0 Å². The molecule has 0 aliphatic heterocycles. The van der Waals surface area contributed by atoms with Crippen LogP contribution in [-0.4, -0.2) is 29.9 Å². The molecule has 1 aliphatic carbocycles. The number of hydrogen-bond acceptors (Lipinski definition) is 1. The Balaban J connectivity index is 2.10. The molecule has 0 unspecified atom stereocenters. The molecule has 0 atom stereocenters. The third-order valence-electron chi connectivity index (χ3n) is 4.16.